The van der Waals surface area contributed by atoms with E-state index in [1.54, 1.807) is 18.9 Å². The molecule has 1 fully saturated rings. The molecule has 0 amide bonds. The van der Waals surface area contributed by atoms with Gasteiger partial charge in [0.25, 0.3) is 0 Å². The molecule has 2 nitrogen and oxygen atoms in total. The highest BCUT2D eigenvalue weighted by atomic mass is 32.2. The molecule has 17 heavy (non-hydrogen) atoms. The lowest BCUT2D eigenvalue weighted by Gasteiger charge is -2.22. The van der Waals surface area contributed by atoms with E-state index in [1.165, 1.54) is 37.0 Å². The highest BCUT2D eigenvalue weighted by Gasteiger charge is 2.12. The molecule has 0 aliphatic heterocycles. The monoisotopic (exact) mass is 253 g/mol. The molecule has 1 saturated carbocycles. The van der Waals surface area contributed by atoms with Crippen molar-refractivity contribution >= 4 is 17.7 Å². The molecule has 1 rings (SSSR count). The van der Waals surface area contributed by atoms with Crippen molar-refractivity contribution in [2.75, 3.05) is 0 Å². The summed E-state index contributed by atoms with van der Waals surface area (Å²) < 4.78 is 3.50. The molecular formula is C14H23NOS. The van der Waals surface area contributed by atoms with Crippen molar-refractivity contribution in [2.24, 2.45) is 0 Å². The van der Waals surface area contributed by atoms with Gasteiger partial charge in [-0.2, -0.15) is 0 Å². The van der Waals surface area contributed by atoms with Gasteiger partial charge in [-0.1, -0.05) is 25.8 Å². The summed E-state index contributed by atoms with van der Waals surface area (Å²) in [6.45, 7) is 7.55. The number of hydrogen-bond acceptors (Lipinski definition) is 3. The minimum Gasteiger partial charge on any atom is -0.300 e. The molecule has 0 atom stereocenters. The number of nitrogens with one attached hydrogen (secondary N) is 1. The van der Waals surface area contributed by atoms with Crippen LogP contribution in [0.4, 0.5) is 0 Å². The largest absolute Gasteiger partial charge is 0.300 e. The first-order valence-electron chi connectivity index (χ1n) is 6.36. The Morgan fingerprint density at radius 3 is 2.59 bits per heavy atom. The normalized spacial score (nSPS) is 18.1. The molecule has 3 heteroatoms. The predicted octanol–water partition coefficient (Wildman–Crippen LogP) is 4.00. The van der Waals surface area contributed by atoms with Crippen LogP contribution >= 0.6 is 11.9 Å². The maximum absolute atomic E-state index is 10.9. The maximum atomic E-state index is 10.9. The van der Waals surface area contributed by atoms with Crippen LogP contribution in [0, 0.1) is 0 Å². The fourth-order valence-electron chi connectivity index (χ4n) is 2.08. The van der Waals surface area contributed by atoms with E-state index in [1.807, 2.05) is 6.08 Å². The Balaban J connectivity index is 2.27. The quantitative estimate of drug-likeness (QED) is 0.573. The molecule has 1 aliphatic carbocycles. The SMILES string of the molecule is C=C(/C=C(\C)SNC1CCCCC1)CC(C)=O. The number of allylic oxidation sites excluding steroid dienone is 3. The van der Waals surface area contributed by atoms with Gasteiger partial charge in [0.2, 0.25) is 0 Å². The van der Waals surface area contributed by atoms with E-state index in [4.69, 9.17) is 0 Å². The highest BCUT2D eigenvalue weighted by Crippen LogP contribution is 2.22. The summed E-state index contributed by atoms with van der Waals surface area (Å²) in [5, 5.41) is 0. The van der Waals surface area contributed by atoms with E-state index in [-0.39, 0.29) is 5.78 Å². The minimum absolute atomic E-state index is 0.171. The van der Waals surface area contributed by atoms with Gasteiger partial charge in [0.05, 0.1) is 0 Å². The Kier molecular flexibility index (Phi) is 6.60. The van der Waals surface area contributed by atoms with Gasteiger partial charge >= 0.3 is 0 Å². The number of hydrogen-bond donors (Lipinski definition) is 1. The van der Waals surface area contributed by atoms with Crippen molar-refractivity contribution < 1.29 is 4.79 Å². The first-order valence-corrected chi connectivity index (χ1v) is 7.17. The molecule has 1 N–H and O–H groups in total. The standard InChI is InChI=1S/C14H23NOS/c1-11(9-12(2)16)10-13(3)17-15-14-7-5-4-6-8-14/h10,14-15H,1,4-9H2,2-3H3/b13-10+. The van der Waals surface area contributed by atoms with Crippen LogP contribution in [-0.2, 0) is 4.79 Å². The van der Waals surface area contributed by atoms with Gasteiger partial charge in [0.1, 0.15) is 5.78 Å². The lowest BCUT2D eigenvalue weighted by Crippen LogP contribution is -2.25. The summed E-state index contributed by atoms with van der Waals surface area (Å²) in [5.41, 5.74) is 0.896. The first kappa shape index (κ1) is 14.5. The summed E-state index contributed by atoms with van der Waals surface area (Å²) in [5.74, 6) is 0.171. The third kappa shape index (κ3) is 6.69. The van der Waals surface area contributed by atoms with Crippen LogP contribution in [-0.4, -0.2) is 11.8 Å². The second-order valence-electron chi connectivity index (χ2n) is 4.85. The van der Waals surface area contributed by atoms with Crippen LogP contribution in [0.3, 0.4) is 0 Å². The smallest absolute Gasteiger partial charge is 0.134 e. The molecule has 0 saturated heterocycles. The van der Waals surface area contributed by atoms with Crippen LogP contribution in [0.15, 0.2) is 23.1 Å². The third-order valence-electron chi connectivity index (χ3n) is 2.88. The van der Waals surface area contributed by atoms with Gasteiger partial charge in [-0.15, -0.1) is 0 Å². The van der Waals surface area contributed by atoms with Crippen LogP contribution in [0.2, 0.25) is 0 Å². The lowest BCUT2D eigenvalue weighted by atomic mass is 9.96. The van der Waals surface area contributed by atoms with Crippen LogP contribution in [0.1, 0.15) is 52.4 Å². The van der Waals surface area contributed by atoms with Gasteiger partial charge in [-0.3, -0.25) is 9.52 Å². The molecule has 0 aromatic rings. The van der Waals surface area contributed by atoms with E-state index in [0.29, 0.717) is 12.5 Å². The van der Waals surface area contributed by atoms with Crippen molar-refractivity contribution in [3.8, 4) is 0 Å². The van der Waals surface area contributed by atoms with Crippen molar-refractivity contribution in [1.82, 2.24) is 4.72 Å². The number of Topliss-reactive ketones (excluding diaryl/α,β-unsaturated/α-hetero) is 1. The Labute approximate surface area is 109 Å². The topological polar surface area (TPSA) is 29.1 Å². The fourth-order valence-corrected chi connectivity index (χ4v) is 2.90. The zero-order valence-electron chi connectivity index (χ0n) is 10.9. The van der Waals surface area contributed by atoms with E-state index in [0.717, 1.165) is 5.57 Å². The highest BCUT2D eigenvalue weighted by molar-refractivity contribution is 8.01. The molecule has 96 valence electrons. The van der Waals surface area contributed by atoms with Gasteiger partial charge in [-0.05, 0) is 55.2 Å². The third-order valence-corrected chi connectivity index (χ3v) is 3.77. The number of rotatable bonds is 6. The van der Waals surface area contributed by atoms with Crippen molar-refractivity contribution in [3.63, 3.8) is 0 Å². The van der Waals surface area contributed by atoms with E-state index < -0.39 is 0 Å². The second-order valence-corrected chi connectivity index (χ2v) is 5.93. The van der Waals surface area contributed by atoms with Gasteiger partial charge in [0.15, 0.2) is 0 Å². The van der Waals surface area contributed by atoms with Gasteiger partial charge in [0, 0.05) is 12.5 Å². The average molecular weight is 253 g/mol. The Bertz CT molecular complexity index is 303. The zero-order valence-corrected chi connectivity index (χ0v) is 11.7. The van der Waals surface area contributed by atoms with E-state index >= 15 is 0 Å². The average Bonchev–Trinajstić information content (AvgIpc) is 2.26. The summed E-state index contributed by atoms with van der Waals surface area (Å²) in [6, 6.07) is 0.651. The minimum atomic E-state index is 0.171. The molecule has 0 bridgehead atoms. The molecular weight excluding hydrogens is 230 g/mol. The van der Waals surface area contributed by atoms with Gasteiger partial charge < -0.3 is 0 Å². The van der Waals surface area contributed by atoms with E-state index in [9.17, 15) is 4.79 Å². The summed E-state index contributed by atoms with van der Waals surface area (Å²) in [7, 11) is 0. The Hall–Kier alpha value is -0.540. The molecule has 1 aliphatic rings. The number of carbonyl (C=O) groups is 1. The van der Waals surface area contributed by atoms with Crippen LogP contribution in [0.25, 0.3) is 0 Å². The predicted molar refractivity (Wildman–Crippen MR) is 75.8 cm³/mol. The first-order chi connectivity index (χ1) is 8.08. The number of ketones is 1. The second kappa shape index (κ2) is 7.72. The van der Waals surface area contributed by atoms with Crippen LogP contribution in [0.5, 0.6) is 0 Å². The zero-order chi connectivity index (χ0) is 12.7. The van der Waals surface area contributed by atoms with Crippen molar-refractivity contribution in [3.05, 3.63) is 23.1 Å². The molecule has 0 aromatic heterocycles. The molecule has 0 radical (unpaired) electrons. The summed E-state index contributed by atoms with van der Waals surface area (Å²) >= 11 is 1.68. The lowest BCUT2D eigenvalue weighted by molar-refractivity contribution is -0.116. The molecule has 0 unspecified atom stereocenters. The fraction of sp³-hybridized carbons (Fsp3) is 0.643. The summed E-state index contributed by atoms with van der Waals surface area (Å²) in [4.78, 5) is 12.1. The Morgan fingerprint density at radius 1 is 1.35 bits per heavy atom. The molecule has 0 heterocycles. The van der Waals surface area contributed by atoms with Crippen molar-refractivity contribution in [2.45, 2.75) is 58.4 Å². The van der Waals surface area contributed by atoms with Crippen LogP contribution < -0.4 is 4.72 Å². The molecule has 0 spiro atoms. The van der Waals surface area contributed by atoms with Crippen molar-refractivity contribution in [1.29, 1.82) is 0 Å². The van der Waals surface area contributed by atoms with E-state index in [2.05, 4.69) is 18.2 Å². The Morgan fingerprint density at radius 2 is 2.00 bits per heavy atom. The number of carbonyl (C=O) groups excluding carboxylic acids is 1. The summed E-state index contributed by atoms with van der Waals surface area (Å²) in [6.07, 6.45) is 9.11. The van der Waals surface area contributed by atoms with Gasteiger partial charge in [-0.25, -0.2) is 0 Å². The maximum Gasteiger partial charge on any atom is 0.134 e. The molecule has 0 aromatic carbocycles.